The molecule has 0 aliphatic heterocycles. The maximum Gasteiger partial charge on any atom is 0.259 e. The van der Waals surface area contributed by atoms with E-state index in [-0.39, 0.29) is 10.9 Å². The third-order valence-corrected chi connectivity index (χ3v) is 3.16. The van der Waals surface area contributed by atoms with Gasteiger partial charge in [-0.25, -0.2) is 4.98 Å². The van der Waals surface area contributed by atoms with Gasteiger partial charge in [0.25, 0.3) is 5.56 Å². The number of aromatic nitrogens is 2. The van der Waals surface area contributed by atoms with E-state index in [0.717, 1.165) is 5.69 Å². The van der Waals surface area contributed by atoms with Crippen molar-refractivity contribution in [3.05, 3.63) is 51.9 Å². The van der Waals surface area contributed by atoms with Crippen LogP contribution in [0.4, 0.5) is 11.6 Å². The second-order valence-corrected chi connectivity index (χ2v) is 5.06. The molecule has 0 saturated carbocycles. The Hall–Kier alpha value is -1.81. The van der Waals surface area contributed by atoms with Gasteiger partial charge in [-0.3, -0.25) is 9.36 Å². The zero-order valence-electron chi connectivity index (χ0n) is 11.1. The van der Waals surface area contributed by atoms with Crippen molar-refractivity contribution in [1.82, 2.24) is 9.55 Å². The lowest BCUT2D eigenvalue weighted by molar-refractivity contribution is 0.793. The van der Waals surface area contributed by atoms with E-state index in [2.05, 4.69) is 10.3 Å². The van der Waals surface area contributed by atoms with Crippen molar-refractivity contribution >= 4 is 23.2 Å². The molecule has 100 valence electrons. The van der Waals surface area contributed by atoms with E-state index < -0.39 is 0 Å². The van der Waals surface area contributed by atoms with E-state index in [1.165, 1.54) is 4.57 Å². The molecule has 0 bridgehead atoms. The lowest BCUT2D eigenvalue weighted by Gasteiger charge is -2.14. The molecule has 0 amide bonds. The number of alkyl halides is 1. The Balaban J connectivity index is 2.47. The van der Waals surface area contributed by atoms with Gasteiger partial charge in [0.1, 0.15) is 0 Å². The van der Waals surface area contributed by atoms with Crippen LogP contribution in [0, 0.1) is 6.92 Å². The number of benzene rings is 1. The van der Waals surface area contributed by atoms with Crippen LogP contribution in [-0.4, -0.2) is 9.55 Å². The van der Waals surface area contributed by atoms with Crippen LogP contribution in [0.15, 0.2) is 35.1 Å². The van der Waals surface area contributed by atoms with Crippen molar-refractivity contribution in [3.8, 4) is 0 Å². The number of hydrogen-bond acceptors (Lipinski definition) is 3. The summed E-state index contributed by atoms with van der Waals surface area (Å²) >= 11 is 6.02. The molecule has 4 nitrogen and oxygen atoms in total. The first-order chi connectivity index (χ1) is 9.00. The summed E-state index contributed by atoms with van der Waals surface area (Å²) in [7, 11) is 1.68. The Kier molecular flexibility index (Phi) is 3.90. The van der Waals surface area contributed by atoms with Crippen LogP contribution in [0.1, 0.15) is 23.6 Å². The highest BCUT2D eigenvalue weighted by Crippen LogP contribution is 2.20. The van der Waals surface area contributed by atoms with Crippen LogP contribution in [0.25, 0.3) is 0 Å². The predicted octanol–water partition coefficient (Wildman–Crippen LogP) is 3.13. The average molecular weight is 278 g/mol. The normalized spacial score (nSPS) is 12.2. The summed E-state index contributed by atoms with van der Waals surface area (Å²) in [6, 6.07) is 9.60. The minimum Gasteiger partial charge on any atom is -0.326 e. The molecule has 1 aromatic heterocycles. The van der Waals surface area contributed by atoms with Gasteiger partial charge in [0, 0.05) is 12.7 Å². The lowest BCUT2D eigenvalue weighted by Crippen LogP contribution is -2.26. The molecule has 1 aromatic carbocycles. The third-order valence-electron chi connectivity index (χ3n) is 2.94. The van der Waals surface area contributed by atoms with Crippen LogP contribution < -0.4 is 10.9 Å². The van der Waals surface area contributed by atoms with Gasteiger partial charge in [-0.1, -0.05) is 18.2 Å². The number of nitrogens with one attached hydrogen (secondary N) is 1. The van der Waals surface area contributed by atoms with Gasteiger partial charge < -0.3 is 5.32 Å². The molecule has 0 aliphatic rings. The predicted molar refractivity (Wildman–Crippen MR) is 78.2 cm³/mol. The molecule has 19 heavy (non-hydrogen) atoms. The Labute approximate surface area is 117 Å². The molecular weight excluding hydrogens is 262 g/mol. The van der Waals surface area contributed by atoms with Crippen molar-refractivity contribution in [3.63, 3.8) is 0 Å². The number of hydrogen-bond donors (Lipinski definition) is 1. The van der Waals surface area contributed by atoms with E-state index >= 15 is 0 Å². The molecule has 1 heterocycles. The largest absolute Gasteiger partial charge is 0.326 e. The topological polar surface area (TPSA) is 46.9 Å². The van der Waals surface area contributed by atoms with Crippen molar-refractivity contribution in [1.29, 1.82) is 0 Å². The molecular formula is C14H16ClN3O. The van der Waals surface area contributed by atoms with E-state index in [1.54, 1.807) is 20.9 Å². The van der Waals surface area contributed by atoms with Crippen LogP contribution in [0.5, 0.6) is 0 Å². The maximum absolute atomic E-state index is 12.2. The van der Waals surface area contributed by atoms with E-state index in [0.29, 0.717) is 17.2 Å². The summed E-state index contributed by atoms with van der Waals surface area (Å²) in [5.41, 5.74) is 1.97. The molecule has 5 heteroatoms. The summed E-state index contributed by atoms with van der Waals surface area (Å²) < 4.78 is 1.48. The zero-order chi connectivity index (χ0) is 14.0. The SMILES string of the molecule is Cc1nc(Nc2ccccc2)n(C)c(=O)c1C(C)Cl. The van der Waals surface area contributed by atoms with Crippen LogP contribution in [0.2, 0.25) is 0 Å². The van der Waals surface area contributed by atoms with Gasteiger partial charge in [-0.15, -0.1) is 11.6 Å². The van der Waals surface area contributed by atoms with E-state index in [1.807, 2.05) is 30.3 Å². The summed E-state index contributed by atoms with van der Waals surface area (Å²) in [5.74, 6) is 0.509. The molecule has 1 N–H and O–H groups in total. The number of rotatable bonds is 3. The molecule has 0 aliphatic carbocycles. The quantitative estimate of drug-likeness (QED) is 0.877. The van der Waals surface area contributed by atoms with Gasteiger partial charge in [0.05, 0.1) is 16.6 Å². The van der Waals surface area contributed by atoms with E-state index in [9.17, 15) is 4.79 Å². The summed E-state index contributed by atoms with van der Waals surface area (Å²) in [4.78, 5) is 16.7. The molecule has 1 unspecified atom stereocenters. The Morgan fingerprint density at radius 1 is 1.32 bits per heavy atom. The number of nitrogens with zero attached hydrogens (tertiary/aromatic N) is 2. The maximum atomic E-state index is 12.2. The first-order valence-electron chi connectivity index (χ1n) is 6.04. The van der Waals surface area contributed by atoms with Gasteiger partial charge in [-0.05, 0) is 26.0 Å². The highest BCUT2D eigenvalue weighted by molar-refractivity contribution is 6.20. The second-order valence-electron chi connectivity index (χ2n) is 4.41. The molecule has 2 aromatic rings. The van der Waals surface area contributed by atoms with Crippen LogP contribution in [0.3, 0.4) is 0 Å². The monoisotopic (exact) mass is 277 g/mol. The van der Waals surface area contributed by atoms with Crippen LogP contribution in [-0.2, 0) is 7.05 Å². The van der Waals surface area contributed by atoms with Crippen molar-refractivity contribution < 1.29 is 0 Å². The Morgan fingerprint density at radius 3 is 2.53 bits per heavy atom. The molecule has 2 rings (SSSR count). The first kappa shape index (κ1) is 13.6. The standard InChI is InChI=1S/C14H16ClN3O/c1-9(15)12-10(2)16-14(18(3)13(12)19)17-11-7-5-4-6-8-11/h4-9H,1-3H3,(H,16,17). The summed E-state index contributed by atoms with van der Waals surface area (Å²) in [6.07, 6.45) is 0. The van der Waals surface area contributed by atoms with Gasteiger partial charge in [-0.2, -0.15) is 0 Å². The highest BCUT2D eigenvalue weighted by atomic mass is 35.5. The zero-order valence-corrected chi connectivity index (χ0v) is 11.9. The Bertz CT molecular complexity index is 635. The molecule has 0 radical (unpaired) electrons. The molecule has 0 spiro atoms. The third kappa shape index (κ3) is 2.79. The fraction of sp³-hybridized carbons (Fsp3) is 0.286. The fourth-order valence-corrected chi connectivity index (χ4v) is 2.20. The molecule has 0 fully saturated rings. The lowest BCUT2D eigenvalue weighted by atomic mass is 10.2. The van der Waals surface area contributed by atoms with Crippen molar-refractivity contribution in [2.75, 3.05) is 5.32 Å². The van der Waals surface area contributed by atoms with Gasteiger partial charge in [0.2, 0.25) is 5.95 Å². The fourth-order valence-electron chi connectivity index (χ4n) is 1.95. The highest BCUT2D eigenvalue weighted by Gasteiger charge is 2.15. The smallest absolute Gasteiger partial charge is 0.259 e. The minimum atomic E-state index is -0.350. The van der Waals surface area contributed by atoms with Crippen LogP contribution >= 0.6 is 11.6 Å². The number of para-hydroxylation sites is 1. The molecule has 1 atom stereocenters. The van der Waals surface area contributed by atoms with Crippen molar-refractivity contribution in [2.24, 2.45) is 7.05 Å². The number of aryl methyl sites for hydroxylation is 1. The minimum absolute atomic E-state index is 0.117. The van der Waals surface area contributed by atoms with Crippen molar-refractivity contribution in [2.45, 2.75) is 19.2 Å². The average Bonchev–Trinajstić information content (AvgIpc) is 2.36. The summed E-state index contributed by atoms with van der Waals surface area (Å²) in [6.45, 7) is 3.57. The first-order valence-corrected chi connectivity index (χ1v) is 6.48. The van der Waals surface area contributed by atoms with Gasteiger partial charge in [0.15, 0.2) is 0 Å². The van der Waals surface area contributed by atoms with Gasteiger partial charge >= 0.3 is 0 Å². The van der Waals surface area contributed by atoms with E-state index in [4.69, 9.17) is 11.6 Å². The number of anilines is 2. The summed E-state index contributed by atoms with van der Waals surface area (Å²) in [5, 5.41) is 2.78. The molecule has 0 saturated heterocycles. The second kappa shape index (κ2) is 5.45. The Morgan fingerprint density at radius 2 is 1.95 bits per heavy atom. The number of halogens is 1.